The number of hydrogen-bond donors (Lipinski definition) is 2. The molecule has 0 aliphatic rings. The van der Waals surface area contributed by atoms with E-state index in [1.807, 2.05) is 30.3 Å². The summed E-state index contributed by atoms with van der Waals surface area (Å²) in [5.74, 6) is 0. The molecule has 1 atom stereocenters. The summed E-state index contributed by atoms with van der Waals surface area (Å²) < 4.78 is 0. The van der Waals surface area contributed by atoms with Gasteiger partial charge in [0, 0.05) is 11.3 Å². The van der Waals surface area contributed by atoms with E-state index in [4.69, 9.17) is 28.9 Å². The molecule has 0 aromatic heterocycles. The lowest BCUT2D eigenvalue weighted by molar-refractivity contribution is 0.168. The number of hydrogen-bond acceptors (Lipinski definition) is 2. The lowest BCUT2D eigenvalue weighted by atomic mass is 10.0. The number of rotatable bonds is 4. The highest BCUT2D eigenvalue weighted by molar-refractivity contribution is 6.42. The topological polar surface area (TPSA) is 46.2 Å². The zero-order valence-electron chi connectivity index (χ0n) is 10.3. The highest BCUT2D eigenvalue weighted by Crippen LogP contribution is 2.26. The Bertz CT molecular complexity index is 572. The van der Waals surface area contributed by atoms with Crippen molar-refractivity contribution in [2.24, 2.45) is 0 Å². The maximum atomic E-state index is 10.1. The quantitative estimate of drug-likeness (QED) is 0.829. The van der Waals surface area contributed by atoms with Gasteiger partial charge in [-0.05, 0) is 36.6 Å². The van der Waals surface area contributed by atoms with E-state index in [1.54, 1.807) is 12.1 Å². The molecule has 0 fully saturated rings. The normalized spacial score (nSPS) is 12.4. The van der Waals surface area contributed by atoms with Gasteiger partial charge in [-0.25, -0.2) is 0 Å². The number of nitrogen functional groups attached to an aromatic ring is 1. The molecule has 0 unspecified atom stereocenters. The molecule has 100 valence electrons. The molecule has 4 heteroatoms. The van der Waals surface area contributed by atoms with Crippen molar-refractivity contribution in [3.05, 3.63) is 63.6 Å². The highest BCUT2D eigenvalue weighted by atomic mass is 35.5. The lowest BCUT2D eigenvalue weighted by Gasteiger charge is -2.13. The fourth-order valence-corrected chi connectivity index (χ4v) is 2.29. The fraction of sp³-hybridized carbons (Fsp3) is 0.200. The second kappa shape index (κ2) is 6.29. The van der Waals surface area contributed by atoms with Gasteiger partial charge in [0.2, 0.25) is 0 Å². The first-order chi connectivity index (χ1) is 9.08. The Hall–Kier alpha value is -1.22. The van der Waals surface area contributed by atoms with Crippen molar-refractivity contribution in [2.45, 2.75) is 18.9 Å². The summed E-state index contributed by atoms with van der Waals surface area (Å²) in [6.07, 6.45) is 0.731. The first kappa shape index (κ1) is 14.2. The van der Waals surface area contributed by atoms with Crippen LogP contribution in [0.2, 0.25) is 10.0 Å². The number of benzene rings is 2. The summed E-state index contributed by atoms with van der Waals surface area (Å²) >= 11 is 11.8. The number of para-hydroxylation sites is 1. The standard InChI is InChI=1S/C15H15Cl2NO/c16-12-7-5-10(9-13(12)17)6-8-15(19)11-3-1-2-4-14(11)18/h1-5,7,9,15,19H,6,8,18H2/t15-/m1/s1. The van der Waals surface area contributed by atoms with Crippen LogP contribution in [0.25, 0.3) is 0 Å². The van der Waals surface area contributed by atoms with Gasteiger partial charge in [-0.1, -0.05) is 47.5 Å². The summed E-state index contributed by atoms with van der Waals surface area (Å²) in [6.45, 7) is 0. The predicted molar refractivity (Wildman–Crippen MR) is 80.6 cm³/mol. The molecule has 2 aromatic carbocycles. The largest absolute Gasteiger partial charge is 0.398 e. The van der Waals surface area contributed by atoms with Gasteiger partial charge in [0.05, 0.1) is 16.1 Å². The van der Waals surface area contributed by atoms with E-state index in [-0.39, 0.29) is 0 Å². The summed E-state index contributed by atoms with van der Waals surface area (Å²) in [7, 11) is 0. The Kier molecular flexibility index (Phi) is 4.70. The second-order valence-corrected chi connectivity index (χ2v) is 5.25. The minimum atomic E-state index is -0.573. The number of aryl methyl sites for hydroxylation is 1. The van der Waals surface area contributed by atoms with E-state index in [9.17, 15) is 5.11 Å². The summed E-state index contributed by atoms with van der Waals surface area (Å²) in [5.41, 5.74) is 8.26. The molecule has 0 aliphatic carbocycles. The van der Waals surface area contributed by atoms with Crippen LogP contribution in [0.5, 0.6) is 0 Å². The van der Waals surface area contributed by atoms with Gasteiger partial charge >= 0.3 is 0 Å². The number of aliphatic hydroxyl groups is 1. The van der Waals surface area contributed by atoms with Crippen LogP contribution in [-0.2, 0) is 6.42 Å². The van der Waals surface area contributed by atoms with Crippen molar-refractivity contribution in [3.8, 4) is 0 Å². The molecule has 0 saturated heterocycles. The number of nitrogens with two attached hydrogens (primary N) is 1. The van der Waals surface area contributed by atoms with E-state index < -0.39 is 6.10 Å². The molecule has 0 amide bonds. The van der Waals surface area contributed by atoms with Crippen LogP contribution in [0.15, 0.2) is 42.5 Å². The Morgan fingerprint density at radius 2 is 1.79 bits per heavy atom. The Labute approximate surface area is 122 Å². The van der Waals surface area contributed by atoms with Crippen LogP contribution >= 0.6 is 23.2 Å². The molecule has 2 aromatic rings. The molecule has 0 heterocycles. The Balaban J connectivity index is 2.02. The minimum Gasteiger partial charge on any atom is -0.398 e. The van der Waals surface area contributed by atoms with Crippen molar-refractivity contribution >= 4 is 28.9 Å². The highest BCUT2D eigenvalue weighted by Gasteiger charge is 2.10. The van der Waals surface area contributed by atoms with Crippen LogP contribution in [-0.4, -0.2) is 5.11 Å². The van der Waals surface area contributed by atoms with Gasteiger partial charge in [-0.15, -0.1) is 0 Å². The Morgan fingerprint density at radius 3 is 2.47 bits per heavy atom. The summed E-state index contributed by atoms with van der Waals surface area (Å²) in [5, 5.41) is 11.2. The monoisotopic (exact) mass is 295 g/mol. The zero-order valence-corrected chi connectivity index (χ0v) is 11.8. The molecule has 2 nitrogen and oxygen atoms in total. The maximum Gasteiger partial charge on any atom is 0.0813 e. The summed E-state index contributed by atoms with van der Waals surface area (Å²) in [6, 6.07) is 12.9. The van der Waals surface area contributed by atoms with Crippen LogP contribution in [0.3, 0.4) is 0 Å². The van der Waals surface area contributed by atoms with E-state index in [1.165, 1.54) is 0 Å². The smallest absolute Gasteiger partial charge is 0.0813 e. The van der Waals surface area contributed by atoms with Crippen molar-refractivity contribution < 1.29 is 5.11 Å². The zero-order chi connectivity index (χ0) is 13.8. The molecule has 2 rings (SSSR count). The predicted octanol–water partition coefficient (Wildman–Crippen LogP) is 4.24. The molecule has 3 N–H and O–H groups in total. The summed E-state index contributed by atoms with van der Waals surface area (Å²) in [4.78, 5) is 0. The molecular formula is C15H15Cl2NO. The van der Waals surface area contributed by atoms with E-state index >= 15 is 0 Å². The Morgan fingerprint density at radius 1 is 1.05 bits per heavy atom. The van der Waals surface area contributed by atoms with Crippen molar-refractivity contribution in [3.63, 3.8) is 0 Å². The van der Waals surface area contributed by atoms with Crippen molar-refractivity contribution in [1.82, 2.24) is 0 Å². The SMILES string of the molecule is Nc1ccccc1[C@H](O)CCc1ccc(Cl)c(Cl)c1. The first-order valence-corrected chi connectivity index (χ1v) is 6.80. The van der Waals surface area contributed by atoms with Crippen LogP contribution in [0.1, 0.15) is 23.7 Å². The molecule has 0 aliphatic heterocycles. The van der Waals surface area contributed by atoms with E-state index in [2.05, 4.69) is 0 Å². The van der Waals surface area contributed by atoms with Crippen LogP contribution in [0, 0.1) is 0 Å². The minimum absolute atomic E-state index is 0.535. The van der Waals surface area contributed by atoms with E-state index in [0.29, 0.717) is 28.6 Å². The lowest BCUT2D eigenvalue weighted by Crippen LogP contribution is -2.03. The van der Waals surface area contributed by atoms with Gasteiger partial charge in [-0.2, -0.15) is 0 Å². The number of aliphatic hydroxyl groups excluding tert-OH is 1. The first-order valence-electron chi connectivity index (χ1n) is 6.04. The number of anilines is 1. The molecule has 0 bridgehead atoms. The molecule has 19 heavy (non-hydrogen) atoms. The third-order valence-electron chi connectivity index (χ3n) is 3.05. The molecular weight excluding hydrogens is 281 g/mol. The van der Waals surface area contributed by atoms with Gasteiger partial charge in [-0.3, -0.25) is 0 Å². The average Bonchev–Trinajstić information content (AvgIpc) is 2.40. The van der Waals surface area contributed by atoms with Gasteiger partial charge in [0.1, 0.15) is 0 Å². The van der Waals surface area contributed by atoms with E-state index in [0.717, 1.165) is 11.1 Å². The molecule has 0 spiro atoms. The second-order valence-electron chi connectivity index (χ2n) is 4.43. The van der Waals surface area contributed by atoms with Crippen molar-refractivity contribution in [1.29, 1.82) is 0 Å². The van der Waals surface area contributed by atoms with Gasteiger partial charge in [0.25, 0.3) is 0 Å². The maximum absolute atomic E-state index is 10.1. The number of halogens is 2. The average molecular weight is 296 g/mol. The third kappa shape index (κ3) is 3.63. The third-order valence-corrected chi connectivity index (χ3v) is 3.78. The molecule has 0 saturated carbocycles. The van der Waals surface area contributed by atoms with Crippen LogP contribution in [0.4, 0.5) is 5.69 Å². The molecule has 0 radical (unpaired) electrons. The van der Waals surface area contributed by atoms with Gasteiger partial charge in [0.15, 0.2) is 0 Å². The van der Waals surface area contributed by atoms with Crippen molar-refractivity contribution in [2.75, 3.05) is 5.73 Å². The van der Waals surface area contributed by atoms with Crippen LogP contribution < -0.4 is 5.73 Å². The fourth-order valence-electron chi connectivity index (χ4n) is 1.97. The van der Waals surface area contributed by atoms with Gasteiger partial charge < -0.3 is 10.8 Å².